The van der Waals surface area contributed by atoms with Gasteiger partial charge in [0.1, 0.15) is 29.2 Å². The summed E-state index contributed by atoms with van der Waals surface area (Å²) in [5, 5.41) is 38.9. The molecule has 0 saturated heterocycles. The number of ether oxygens (including phenoxy) is 3. The predicted octanol–water partition coefficient (Wildman–Crippen LogP) is 6.54. The minimum absolute atomic E-state index is 0.102. The lowest BCUT2D eigenvalue weighted by atomic mass is 9.49. The Morgan fingerprint density at radius 1 is 1.00 bits per heavy atom. The van der Waals surface area contributed by atoms with E-state index in [2.05, 4.69) is 45.9 Å². The Hall–Kier alpha value is -6.18. The van der Waals surface area contributed by atoms with Crippen molar-refractivity contribution in [2.24, 2.45) is 17.1 Å². The molecule has 3 atom stereocenters. The Morgan fingerprint density at radius 2 is 1.70 bits per heavy atom. The summed E-state index contributed by atoms with van der Waals surface area (Å²) in [4.78, 5) is 70.8. The maximum atomic E-state index is 12.9. The van der Waals surface area contributed by atoms with Crippen LogP contribution in [0, 0.1) is 25.2 Å². The third-order valence-electron chi connectivity index (χ3n) is 11.5. The molecule has 2 aliphatic carbocycles. The molecule has 1 amide bonds. The molecule has 3 aromatic rings. The maximum absolute atomic E-state index is 12.9. The average Bonchev–Trinajstić information content (AvgIpc) is 3.27. The van der Waals surface area contributed by atoms with Crippen LogP contribution in [0.2, 0.25) is 0 Å². The number of aliphatic carboxylic acids is 1. The number of carboxylic acids is 2. The van der Waals surface area contributed by atoms with Gasteiger partial charge in [0.25, 0.3) is 0 Å². The van der Waals surface area contributed by atoms with E-state index in [4.69, 9.17) is 25.1 Å². The van der Waals surface area contributed by atoms with Gasteiger partial charge in [-0.25, -0.2) is 19.2 Å². The molecule has 296 valence electrons. The van der Waals surface area contributed by atoms with E-state index in [9.17, 15) is 44.1 Å². The third kappa shape index (κ3) is 7.30. The molecule has 6 rings (SSSR count). The van der Waals surface area contributed by atoms with Crippen molar-refractivity contribution in [1.82, 2.24) is 0 Å². The number of carbonyl (C=O) groups is 6. The van der Waals surface area contributed by atoms with Crippen molar-refractivity contribution >= 4 is 36.1 Å². The van der Waals surface area contributed by atoms with E-state index < -0.39 is 70.2 Å². The molecule has 1 heterocycles. The fraction of sp³-hybridized carbons (Fsp3) is 0.381. The van der Waals surface area contributed by atoms with E-state index in [1.165, 1.54) is 37.0 Å². The number of nitrogens with two attached hydrogens (primary N) is 1. The fourth-order valence-corrected chi connectivity index (χ4v) is 8.48. The van der Waals surface area contributed by atoms with E-state index in [1.807, 2.05) is 0 Å². The average molecular weight is 772 g/mol. The summed E-state index contributed by atoms with van der Waals surface area (Å²) in [5.41, 5.74) is 8.16. The number of aromatic carboxylic acids is 1. The topological polar surface area (TPSA) is 237 Å². The first kappa shape index (κ1) is 41.0. The summed E-state index contributed by atoms with van der Waals surface area (Å²) in [6, 6.07) is 8.16. The third-order valence-corrected chi connectivity index (χ3v) is 11.5. The minimum atomic E-state index is -1.60. The van der Waals surface area contributed by atoms with Gasteiger partial charge in [-0.3, -0.25) is 9.59 Å². The van der Waals surface area contributed by atoms with Gasteiger partial charge in [0.05, 0.1) is 11.1 Å². The number of carboxylic acid groups (broad SMARTS) is 2. The second-order valence-electron chi connectivity index (χ2n) is 15.2. The second kappa shape index (κ2) is 15.5. The van der Waals surface area contributed by atoms with Crippen LogP contribution < -0.4 is 15.2 Å². The summed E-state index contributed by atoms with van der Waals surface area (Å²) in [6.07, 6.45) is 6.69. The number of phenolic OH excluding ortho intramolecular Hbond substituents is 1. The van der Waals surface area contributed by atoms with Crippen LogP contribution in [0.5, 0.6) is 28.7 Å². The summed E-state index contributed by atoms with van der Waals surface area (Å²) >= 11 is 0. The first-order valence-corrected chi connectivity index (χ1v) is 18.1. The lowest BCUT2D eigenvalue weighted by Crippen LogP contribution is -2.54. The quantitative estimate of drug-likeness (QED) is 0.0709. The normalized spacial score (nSPS) is 20.8. The number of aldehydes is 1. The number of hydrogen-bond acceptors (Lipinski definition) is 11. The number of hydrogen-bond donors (Lipinski definition) is 5. The van der Waals surface area contributed by atoms with Crippen molar-refractivity contribution in [1.29, 1.82) is 0 Å². The Morgan fingerprint density at radius 3 is 2.30 bits per heavy atom. The van der Waals surface area contributed by atoms with Gasteiger partial charge >= 0.3 is 23.9 Å². The van der Waals surface area contributed by atoms with Crippen LogP contribution in [0.25, 0.3) is 0 Å². The Balaban J connectivity index is 0.000000234. The molecule has 1 fully saturated rings. The number of aromatic hydroxyl groups is 2. The second-order valence-corrected chi connectivity index (χ2v) is 15.2. The maximum Gasteiger partial charge on any atom is 0.347 e. The lowest BCUT2D eigenvalue weighted by Gasteiger charge is -2.54. The smallest absolute Gasteiger partial charge is 0.347 e. The predicted molar refractivity (Wildman–Crippen MR) is 200 cm³/mol. The van der Waals surface area contributed by atoms with Crippen molar-refractivity contribution in [3.8, 4) is 28.7 Å². The van der Waals surface area contributed by atoms with Crippen LogP contribution in [0.4, 0.5) is 0 Å². The standard InChI is InChI=1S/C22H16O12.C20H29NO/c1-8-5-12(24)10(6-23)19-15(8)22(31)34-20-11(7-32-14(27)4-3-13(25)26)17(28)16(21(29)30)9(2)18(20)33-19;1-13(2)14-6-8-16-15(12-14)7-9-17-19(16,3)10-5-11-20(17,4)18(21)22/h3-6,24,28H,7H2,1-2H3,(H,25,26)(H,29,30);6,8,12-13,17H,5,7,9-11H2,1-4H3,(H2,21,22). The first-order valence-electron chi connectivity index (χ1n) is 18.1. The van der Waals surface area contributed by atoms with E-state index in [1.54, 1.807) is 0 Å². The number of esters is 2. The van der Waals surface area contributed by atoms with Crippen molar-refractivity contribution in [2.75, 3.05) is 0 Å². The summed E-state index contributed by atoms with van der Waals surface area (Å²) in [5.74, 6) is -7.07. The van der Waals surface area contributed by atoms with E-state index in [0.29, 0.717) is 24.0 Å². The number of phenols is 2. The van der Waals surface area contributed by atoms with Crippen LogP contribution in [0.1, 0.15) is 124 Å². The van der Waals surface area contributed by atoms with Crippen LogP contribution >= 0.6 is 0 Å². The highest BCUT2D eigenvalue weighted by molar-refractivity contribution is 6.03. The zero-order valence-electron chi connectivity index (χ0n) is 32.0. The van der Waals surface area contributed by atoms with Gasteiger partial charge in [0.2, 0.25) is 5.91 Å². The van der Waals surface area contributed by atoms with Crippen LogP contribution in [0.15, 0.2) is 36.4 Å². The number of primary amides is 1. The van der Waals surface area contributed by atoms with Gasteiger partial charge in [-0.1, -0.05) is 52.3 Å². The zero-order valence-corrected chi connectivity index (χ0v) is 32.0. The molecule has 6 N–H and O–H groups in total. The first-order chi connectivity index (χ1) is 26.3. The van der Waals surface area contributed by atoms with Gasteiger partial charge in [-0.15, -0.1) is 0 Å². The Kier molecular flexibility index (Phi) is 11.4. The van der Waals surface area contributed by atoms with Gasteiger partial charge in [-0.05, 0) is 85.1 Å². The molecular weight excluding hydrogens is 726 g/mol. The molecule has 0 aromatic heterocycles. The number of fused-ring (bicyclic) bond motifs is 5. The van der Waals surface area contributed by atoms with Crippen LogP contribution in [-0.2, 0) is 37.6 Å². The van der Waals surface area contributed by atoms with Crippen molar-refractivity contribution < 1.29 is 63.4 Å². The Bertz CT molecular complexity index is 2200. The number of aryl methyl sites for hydroxylation is 2. The minimum Gasteiger partial charge on any atom is -0.507 e. The molecule has 14 heteroatoms. The van der Waals surface area contributed by atoms with E-state index >= 15 is 0 Å². The molecule has 3 aromatic carbocycles. The van der Waals surface area contributed by atoms with Crippen LogP contribution in [-0.4, -0.2) is 56.5 Å². The van der Waals surface area contributed by atoms with Gasteiger partial charge in [-0.2, -0.15) is 0 Å². The van der Waals surface area contributed by atoms with Crippen molar-refractivity contribution in [3.05, 3.63) is 86.5 Å². The van der Waals surface area contributed by atoms with E-state index in [0.717, 1.165) is 31.7 Å². The zero-order chi connectivity index (χ0) is 41.4. The summed E-state index contributed by atoms with van der Waals surface area (Å²) in [6.45, 7) is 10.8. The largest absolute Gasteiger partial charge is 0.507 e. The molecule has 1 saturated carbocycles. The molecule has 1 aliphatic heterocycles. The monoisotopic (exact) mass is 771 g/mol. The van der Waals surface area contributed by atoms with Gasteiger partial charge in [0, 0.05) is 23.1 Å². The number of benzene rings is 3. The van der Waals surface area contributed by atoms with Crippen molar-refractivity contribution in [2.45, 2.75) is 91.6 Å². The number of rotatable bonds is 8. The summed E-state index contributed by atoms with van der Waals surface area (Å²) in [7, 11) is 0. The van der Waals surface area contributed by atoms with Crippen LogP contribution in [0.3, 0.4) is 0 Å². The Labute approximate surface area is 322 Å². The highest BCUT2D eigenvalue weighted by Gasteiger charge is 2.54. The van der Waals surface area contributed by atoms with E-state index in [-0.39, 0.29) is 45.5 Å². The number of carbonyl (C=O) groups excluding carboxylic acids is 4. The molecule has 3 unspecified atom stereocenters. The number of amides is 1. The summed E-state index contributed by atoms with van der Waals surface area (Å²) < 4.78 is 15.9. The van der Waals surface area contributed by atoms with Gasteiger partial charge in [0.15, 0.2) is 23.5 Å². The molecule has 0 spiro atoms. The highest BCUT2D eigenvalue weighted by atomic mass is 16.6. The molecular formula is C42H45NO13. The molecule has 3 aliphatic rings. The highest BCUT2D eigenvalue weighted by Crippen LogP contribution is 2.57. The van der Waals surface area contributed by atoms with Gasteiger partial charge < -0.3 is 40.4 Å². The lowest BCUT2D eigenvalue weighted by molar-refractivity contribution is -0.140. The fourth-order valence-electron chi connectivity index (χ4n) is 8.48. The molecule has 56 heavy (non-hydrogen) atoms. The van der Waals surface area contributed by atoms with Crippen molar-refractivity contribution in [3.63, 3.8) is 0 Å². The molecule has 0 bridgehead atoms. The SMILES string of the molecule is CC(C)c1ccc2c(c1)CCC1C(C)(C(N)=O)CCCC21C.Cc1cc(O)c(C=O)c2c1C(=O)Oc1c(COC(=O)C=CC(=O)O)c(O)c(C(=O)O)c(C)c1O2. The molecule has 0 radical (unpaired) electrons. The molecule has 14 nitrogen and oxygen atoms in total.